The van der Waals surface area contributed by atoms with Crippen LogP contribution < -0.4 is 10.1 Å². The molecule has 114 valence electrons. The molecule has 1 aromatic rings. The molecule has 0 fully saturated rings. The summed E-state index contributed by atoms with van der Waals surface area (Å²) in [5.41, 5.74) is 2.58. The summed E-state index contributed by atoms with van der Waals surface area (Å²) in [6.07, 6.45) is 2.28. The Hall–Kier alpha value is -1.02. The fourth-order valence-electron chi connectivity index (χ4n) is 2.06. The van der Waals surface area contributed by atoms with E-state index in [1.165, 1.54) is 17.5 Å². The maximum atomic E-state index is 5.93. The van der Waals surface area contributed by atoms with Gasteiger partial charge in [-0.25, -0.2) is 0 Å². The van der Waals surface area contributed by atoms with E-state index in [-0.39, 0.29) is 0 Å². The van der Waals surface area contributed by atoms with Gasteiger partial charge in [0, 0.05) is 0 Å². The van der Waals surface area contributed by atoms with Crippen LogP contribution >= 0.6 is 0 Å². The minimum Gasteiger partial charge on any atom is -0.493 e. The Bertz CT molecular complexity index is 385. The van der Waals surface area contributed by atoms with Crippen LogP contribution in [0.2, 0.25) is 0 Å². The van der Waals surface area contributed by atoms with Crippen LogP contribution in [0.5, 0.6) is 5.75 Å². The van der Waals surface area contributed by atoms with Gasteiger partial charge in [-0.1, -0.05) is 39.8 Å². The van der Waals surface area contributed by atoms with Crippen LogP contribution in [-0.2, 0) is 0 Å². The summed E-state index contributed by atoms with van der Waals surface area (Å²) < 4.78 is 5.93. The van der Waals surface area contributed by atoms with Gasteiger partial charge < -0.3 is 10.1 Å². The number of aryl methyl sites for hydroxylation is 1. The van der Waals surface area contributed by atoms with E-state index in [2.05, 4.69) is 58.1 Å². The third-order valence-corrected chi connectivity index (χ3v) is 3.44. The first kappa shape index (κ1) is 17.0. The Balaban J connectivity index is 2.26. The number of unbranched alkanes of at least 4 members (excludes halogenated alkanes) is 1. The Morgan fingerprint density at radius 3 is 2.50 bits per heavy atom. The third-order valence-electron chi connectivity index (χ3n) is 3.44. The van der Waals surface area contributed by atoms with Crippen molar-refractivity contribution in [2.45, 2.75) is 53.4 Å². The largest absolute Gasteiger partial charge is 0.493 e. The zero-order chi connectivity index (χ0) is 15.0. The fourth-order valence-corrected chi connectivity index (χ4v) is 2.06. The van der Waals surface area contributed by atoms with Crippen molar-refractivity contribution in [2.24, 2.45) is 5.92 Å². The van der Waals surface area contributed by atoms with Gasteiger partial charge in [0.15, 0.2) is 0 Å². The molecule has 0 atom stereocenters. The van der Waals surface area contributed by atoms with E-state index in [9.17, 15) is 0 Å². The summed E-state index contributed by atoms with van der Waals surface area (Å²) >= 11 is 0. The average Bonchev–Trinajstić information content (AvgIpc) is 2.38. The lowest BCUT2D eigenvalue weighted by molar-refractivity contribution is 0.303. The first-order valence-electron chi connectivity index (χ1n) is 7.94. The van der Waals surface area contributed by atoms with Crippen molar-refractivity contribution in [1.29, 1.82) is 0 Å². The second kappa shape index (κ2) is 9.02. The van der Waals surface area contributed by atoms with E-state index in [1.54, 1.807) is 0 Å². The molecule has 0 aliphatic heterocycles. The topological polar surface area (TPSA) is 21.3 Å². The van der Waals surface area contributed by atoms with Crippen molar-refractivity contribution in [2.75, 3.05) is 19.7 Å². The third kappa shape index (κ3) is 6.42. The van der Waals surface area contributed by atoms with Crippen molar-refractivity contribution in [3.8, 4) is 5.75 Å². The van der Waals surface area contributed by atoms with Crippen molar-refractivity contribution in [3.63, 3.8) is 0 Å². The van der Waals surface area contributed by atoms with Crippen molar-refractivity contribution in [3.05, 3.63) is 29.3 Å². The van der Waals surface area contributed by atoms with Crippen LogP contribution in [0.3, 0.4) is 0 Å². The highest BCUT2D eigenvalue weighted by molar-refractivity contribution is 5.37. The van der Waals surface area contributed by atoms with Crippen LogP contribution in [0.25, 0.3) is 0 Å². The molecule has 0 aliphatic carbocycles. The first-order chi connectivity index (χ1) is 9.50. The molecule has 1 rings (SSSR count). The van der Waals surface area contributed by atoms with Crippen molar-refractivity contribution >= 4 is 0 Å². The molecule has 0 heterocycles. The molecule has 0 spiro atoms. The minimum atomic E-state index is 0.554. The Morgan fingerprint density at radius 1 is 1.10 bits per heavy atom. The molecule has 20 heavy (non-hydrogen) atoms. The van der Waals surface area contributed by atoms with E-state index in [1.807, 2.05) is 0 Å². The Kier molecular flexibility index (Phi) is 7.68. The molecule has 0 aromatic heterocycles. The minimum absolute atomic E-state index is 0.554. The molecule has 0 radical (unpaired) electrons. The van der Waals surface area contributed by atoms with E-state index in [0.717, 1.165) is 37.8 Å². The SMILES string of the molecule is Cc1ccc(C(C)C)cc1OCCCCNCC(C)C. The Labute approximate surface area is 124 Å². The second-order valence-corrected chi connectivity index (χ2v) is 6.33. The highest BCUT2D eigenvalue weighted by Crippen LogP contribution is 2.24. The second-order valence-electron chi connectivity index (χ2n) is 6.33. The van der Waals surface area contributed by atoms with Crippen LogP contribution in [0, 0.1) is 12.8 Å². The summed E-state index contributed by atoms with van der Waals surface area (Å²) in [5, 5.41) is 3.46. The lowest BCUT2D eigenvalue weighted by Gasteiger charge is -2.13. The van der Waals surface area contributed by atoms with Crippen molar-refractivity contribution in [1.82, 2.24) is 5.32 Å². The van der Waals surface area contributed by atoms with E-state index < -0.39 is 0 Å². The van der Waals surface area contributed by atoms with Gasteiger partial charge in [0.25, 0.3) is 0 Å². The molecule has 2 heteroatoms. The number of benzene rings is 1. The summed E-state index contributed by atoms with van der Waals surface area (Å²) in [6.45, 7) is 14.0. The van der Waals surface area contributed by atoms with E-state index in [0.29, 0.717) is 5.92 Å². The van der Waals surface area contributed by atoms with Crippen LogP contribution in [0.1, 0.15) is 57.6 Å². The molecule has 1 aromatic carbocycles. The molecular formula is C18H31NO. The maximum Gasteiger partial charge on any atom is 0.122 e. The maximum absolute atomic E-state index is 5.93. The van der Waals surface area contributed by atoms with E-state index >= 15 is 0 Å². The molecule has 0 bridgehead atoms. The van der Waals surface area contributed by atoms with Gasteiger partial charge in [0.05, 0.1) is 6.61 Å². The van der Waals surface area contributed by atoms with Gasteiger partial charge in [-0.05, 0) is 61.9 Å². The van der Waals surface area contributed by atoms with Gasteiger partial charge in [0.1, 0.15) is 5.75 Å². The smallest absolute Gasteiger partial charge is 0.122 e. The number of hydrogen-bond donors (Lipinski definition) is 1. The average molecular weight is 277 g/mol. The molecule has 1 N–H and O–H groups in total. The summed E-state index contributed by atoms with van der Waals surface area (Å²) in [7, 11) is 0. The normalized spacial score (nSPS) is 11.3. The number of ether oxygens (including phenoxy) is 1. The summed E-state index contributed by atoms with van der Waals surface area (Å²) in [4.78, 5) is 0. The van der Waals surface area contributed by atoms with Crippen molar-refractivity contribution < 1.29 is 4.74 Å². The van der Waals surface area contributed by atoms with Crippen LogP contribution in [0.15, 0.2) is 18.2 Å². The highest BCUT2D eigenvalue weighted by Gasteiger charge is 2.04. The fraction of sp³-hybridized carbons (Fsp3) is 0.667. The molecule has 0 amide bonds. The van der Waals surface area contributed by atoms with Gasteiger partial charge in [-0.3, -0.25) is 0 Å². The molecule has 0 aliphatic rings. The number of hydrogen-bond acceptors (Lipinski definition) is 2. The van der Waals surface area contributed by atoms with Crippen LogP contribution in [0.4, 0.5) is 0 Å². The van der Waals surface area contributed by atoms with Gasteiger partial charge in [-0.2, -0.15) is 0 Å². The molecule has 0 unspecified atom stereocenters. The lowest BCUT2D eigenvalue weighted by Crippen LogP contribution is -2.21. The quantitative estimate of drug-likeness (QED) is 0.670. The Morgan fingerprint density at radius 2 is 1.85 bits per heavy atom. The predicted molar refractivity (Wildman–Crippen MR) is 87.7 cm³/mol. The van der Waals surface area contributed by atoms with Gasteiger partial charge in [-0.15, -0.1) is 0 Å². The zero-order valence-electron chi connectivity index (χ0n) is 13.8. The number of rotatable bonds is 9. The predicted octanol–water partition coefficient (Wildman–Crippen LogP) is 4.52. The molecular weight excluding hydrogens is 246 g/mol. The lowest BCUT2D eigenvalue weighted by atomic mass is 10.0. The molecule has 2 nitrogen and oxygen atoms in total. The summed E-state index contributed by atoms with van der Waals surface area (Å²) in [6, 6.07) is 6.55. The van der Waals surface area contributed by atoms with E-state index in [4.69, 9.17) is 4.74 Å². The van der Waals surface area contributed by atoms with Gasteiger partial charge in [0.2, 0.25) is 0 Å². The van der Waals surface area contributed by atoms with Crippen LogP contribution in [-0.4, -0.2) is 19.7 Å². The molecule has 0 saturated heterocycles. The molecule has 0 saturated carbocycles. The number of nitrogens with one attached hydrogen (secondary N) is 1. The highest BCUT2D eigenvalue weighted by atomic mass is 16.5. The summed E-state index contributed by atoms with van der Waals surface area (Å²) in [5.74, 6) is 2.33. The first-order valence-corrected chi connectivity index (χ1v) is 7.94. The van der Waals surface area contributed by atoms with Gasteiger partial charge >= 0.3 is 0 Å². The zero-order valence-corrected chi connectivity index (χ0v) is 13.8. The standard InChI is InChI=1S/C18H31NO/c1-14(2)13-19-10-6-7-11-20-18-12-17(15(3)4)9-8-16(18)5/h8-9,12,14-15,19H,6-7,10-11,13H2,1-5H3. The monoisotopic (exact) mass is 277 g/mol.